The molecule has 2 aliphatic heterocycles. The van der Waals surface area contributed by atoms with Crippen LogP contribution in [0.4, 0.5) is 9.59 Å². The second-order valence-corrected chi connectivity index (χ2v) is 20.7. The summed E-state index contributed by atoms with van der Waals surface area (Å²) in [5.41, 5.74) is 1.05. The van der Waals surface area contributed by atoms with Crippen molar-refractivity contribution in [2.45, 2.75) is 132 Å². The largest absolute Gasteiger partial charge is 0.444 e. The van der Waals surface area contributed by atoms with E-state index >= 15 is 0 Å². The van der Waals surface area contributed by atoms with Crippen molar-refractivity contribution in [2.75, 3.05) is 65.1 Å². The lowest BCUT2D eigenvalue weighted by atomic mass is 9.88. The molecule has 4 unspecified atom stereocenters. The number of aliphatic hydroxyl groups excluding tert-OH is 1. The Labute approximate surface area is 385 Å². The zero-order valence-electron chi connectivity index (χ0n) is 40.6. The van der Waals surface area contributed by atoms with Gasteiger partial charge in [-0.05, 0) is 78.4 Å². The van der Waals surface area contributed by atoms with Gasteiger partial charge >= 0.3 is 12.2 Å². The highest BCUT2D eigenvalue weighted by molar-refractivity contribution is 8.13. The third-order valence-electron chi connectivity index (χ3n) is 8.40. The van der Waals surface area contributed by atoms with Crippen LogP contribution in [-0.4, -0.2) is 120 Å². The van der Waals surface area contributed by atoms with Gasteiger partial charge in [-0.2, -0.15) is 8.42 Å². The van der Waals surface area contributed by atoms with Crippen molar-refractivity contribution in [3.63, 3.8) is 0 Å². The minimum absolute atomic E-state index is 0.00810. The van der Waals surface area contributed by atoms with Gasteiger partial charge in [-0.15, -0.1) is 0 Å². The quantitative estimate of drug-likeness (QED) is 0.121. The molecule has 0 aliphatic carbocycles. The Morgan fingerprint density at radius 1 is 0.651 bits per heavy atom. The van der Waals surface area contributed by atoms with Crippen LogP contribution >= 0.6 is 10.7 Å². The summed E-state index contributed by atoms with van der Waals surface area (Å²) >= 11 is 0. The molecular formula is C46H81ClN2O12S2. The first-order valence-corrected chi connectivity index (χ1v) is 26.6. The van der Waals surface area contributed by atoms with Crippen molar-refractivity contribution in [2.24, 2.45) is 11.8 Å². The number of piperidine rings is 2. The summed E-state index contributed by atoms with van der Waals surface area (Å²) in [5, 5.41) is 9.12. The Balaban J connectivity index is 0. The average Bonchev–Trinajstić information content (AvgIpc) is 3.22. The molecule has 2 aliphatic rings. The van der Waals surface area contributed by atoms with E-state index in [0.717, 1.165) is 49.3 Å². The van der Waals surface area contributed by atoms with Crippen LogP contribution in [0.5, 0.6) is 0 Å². The van der Waals surface area contributed by atoms with E-state index in [1.165, 1.54) is 0 Å². The van der Waals surface area contributed by atoms with Gasteiger partial charge < -0.3 is 33.9 Å². The SMILES string of the molecule is CC.CC.CC.CC(C)(C)OC(=O)N1CCCC(C(OCCO)c2ccccc2)C1.CC(C)(C)OC(=O)N1CCCC(C(OCCOS(C)(=O)=O)c2ccccc2)C1.CS(=O)(=O)Cl. The molecule has 2 aromatic rings. The molecule has 2 aromatic carbocycles. The van der Waals surface area contributed by atoms with Gasteiger partial charge in [-0.25, -0.2) is 18.0 Å². The lowest BCUT2D eigenvalue weighted by molar-refractivity contribution is -0.0348. The van der Waals surface area contributed by atoms with Crippen LogP contribution in [0.25, 0.3) is 0 Å². The highest BCUT2D eigenvalue weighted by Crippen LogP contribution is 2.35. The van der Waals surface area contributed by atoms with Gasteiger partial charge in [0.15, 0.2) is 0 Å². The van der Waals surface area contributed by atoms with Gasteiger partial charge in [0.2, 0.25) is 9.05 Å². The zero-order chi connectivity index (χ0) is 48.9. The van der Waals surface area contributed by atoms with Crippen molar-refractivity contribution < 1.29 is 54.7 Å². The molecule has 2 amide bonds. The molecule has 17 heteroatoms. The molecule has 1 N–H and O–H groups in total. The number of rotatable bonds is 12. The molecule has 63 heavy (non-hydrogen) atoms. The number of benzene rings is 2. The number of carbonyl (C=O) groups is 2. The first kappa shape index (κ1) is 62.1. The highest BCUT2D eigenvalue weighted by Gasteiger charge is 2.34. The average molecular weight is 954 g/mol. The molecule has 0 saturated carbocycles. The van der Waals surface area contributed by atoms with Gasteiger partial charge in [-0.3, -0.25) is 4.18 Å². The molecule has 0 bridgehead atoms. The summed E-state index contributed by atoms with van der Waals surface area (Å²) in [6, 6.07) is 19.8. The highest BCUT2D eigenvalue weighted by atomic mass is 35.7. The van der Waals surface area contributed by atoms with Crippen LogP contribution in [0.15, 0.2) is 60.7 Å². The molecule has 2 fully saturated rings. The number of hydrogen-bond donors (Lipinski definition) is 1. The van der Waals surface area contributed by atoms with E-state index in [2.05, 4.69) is 10.7 Å². The first-order chi connectivity index (χ1) is 29.5. The minimum atomic E-state index is -3.50. The number of halogens is 1. The van der Waals surface area contributed by atoms with Gasteiger partial charge in [0.05, 0.1) is 51.1 Å². The van der Waals surface area contributed by atoms with Crippen LogP contribution in [0.1, 0.15) is 132 Å². The van der Waals surface area contributed by atoms with E-state index in [-0.39, 0.29) is 56.1 Å². The normalized spacial score (nSPS) is 17.3. The number of ether oxygens (including phenoxy) is 4. The number of amides is 2. The van der Waals surface area contributed by atoms with Crippen molar-refractivity contribution in [3.05, 3.63) is 71.8 Å². The fraction of sp³-hybridized carbons (Fsp3) is 0.696. The standard InChI is InChI=1S/C20H31NO6S.C19H29NO4.3C2H6.CH3ClO2S/c1-20(2,3)27-19(22)21-12-8-11-17(15-21)18(16-9-6-5-7-10-16)25-13-14-26-28(4,23)24;1-19(2,3)24-18(22)20-11-7-10-16(14-20)17(23-13-12-21)15-8-5-4-6-9-15;3*1-2;1-5(2,3)4/h5-7,9-10,17-18H,8,11-15H2,1-4H3;4-6,8-9,16-17,21H,7,10-14H2,1-3H3;3*1-2H3;1H3. The molecule has 4 rings (SSSR count). The van der Waals surface area contributed by atoms with Gasteiger partial charge in [-0.1, -0.05) is 102 Å². The van der Waals surface area contributed by atoms with E-state index in [1.54, 1.807) is 9.80 Å². The van der Waals surface area contributed by atoms with Crippen molar-refractivity contribution >= 4 is 42.0 Å². The van der Waals surface area contributed by atoms with Crippen molar-refractivity contribution in [1.29, 1.82) is 0 Å². The number of likely N-dealkylation sites (tertiary alicyclic amines) is 2. The number of carbonyl (C=O) groups excluding carboxylic acids is 2. The fourth-order valence-electron chi connectivity index (χ4n) is 6.33. The maximum absolute atomic E-state index is 12.5. The van der Waals surface area contributed by atoms with E-state index in [4.69, 9.17) is 28.2 Å². The fourth-order valence-corrected chi connectivity index (χ4v) is 6.70. The van der Waals surface area contributed by atoms with Crippen molar-refractivity contribution in [3.8, 4) is 0 Å². The van der Waals surface area contributed by atoms with Crippen molar-refractivity contribution in [1.82, 2.24) is 9.80 Å². The van der Waals surface area contributed by atoms with E-state index in [0.29, 0.717) is 32.8 Å². The monoisotopic (exact) mass is 952 g/mol. The molecule has 0 spiro atoms. The topological polar surface area (TPSA) is 175 Å². The van der Waals surface area contributed by atoms with Crippen LogP contribution in [0.2, 0.25) is 0 Å². The third-order valence-corrected chi connectivity index (χ3v) is 8.99. The summed E-state index contributed by atoms with van der Waals surface area (Å²) in [6.45, 7) is 26.1. The molecule has 14 nitrogen and oxygen atoms in total. The Bertz CT molecular complexity index is 1700. The molecule has 4 atom stereocenters. The van der Waals surface area contributed by atoms with Crippen LogP contribution in [-0.2, 0) is 42.3 Å². The van der Waals surface area contributed by atoms with Gasteiger partial charge in [0.1, 0.15) is 11.2 Å². The number of aliphatic hydroxyl groups is 1. The number of hydrogen-bond acceptors (Lipinski definition) is 12. The van der Waals surface area contributed by atoms with Gasteiger partial charge in [0.25, 0.3) is 10.1 Å². The Morgan fingerprint density at radius 2 is 0.984 bits per heavy atom. The molecule has 2 heterocycles. The second-order valence-electron chi connectivity index (χ2n) is 16.0. The summed E-state index contributed by atoms with van der Waals surface area (Å²) in [5.74, 6) is 0.280. The summed E-state index contributed by atoms with van der Waals surface area (Å²) < 4.78 is 68.8. The maximum atomic E-state index is 12.5. The van der Waals surface area contributed by atoms with Crippen LogP contribution < -0.4 is 0 Å². The maximum Gasteiger partial charge on any atom is 0.410 e. The van der Waals surface area contributed by atoms with E-state index in [1.807, 2.05) is 144 Å². The van der Waals surface area contributed by atoms with E-state index < -0.39 is 30.4 Å². The minimum Gasteiger partial charge on any atom is -0.444 e. The molecule has 366 valence electrons. The Hall–Kier alpha value is -2.99. The zero-order valence-corrected chi connectivity index (χ0v) is 43.0. The predicted molar refractivity (Wildman–Crippen MR) is 254 cm³/mol. The predicted octanol–water partition coefficient (Wildman–Crippen LogP) is 10.0. The lowest BCUT2D eigenvalue weighted by Gasteiger charge is -2.37. The molecule has 0 radical (unpaired) electrons. The summed E-state index contributed by atoms with van der Waals surface area (Å²) in [6.07, 6.45) is 4.67. The Kier molecular flexibility index (Phi) is 32.2. The number of nitrogens with zero attached hydrogens (tertiary/aromatic N) is 2. The Morgan fingerprint density at radius 3 is 1.29 bits per heavy atom. The lowest BCUT2D eigenvalue weighted by Crippen LogP contribution is -2.44. The van der Waals surface area contributed by atoms with Gasteiger partial charge in [0, 0.05) is 48.7 Å². The summed E-state index contributed by atoms with van der Waals surface area (Å²) in [7, 11) is -2.19. The van der Waals surface area contributed by atoms with E-state index in [9.17, 15) is 26.4 Å². The smallest absolute Gasteiger partial charge is 0.410 e. The first-order valence-electron chi connectivity index (χ1n) is 22.1. The molecular weight excluding hydrogens is 872 g/mol. The third kappa shape index (κ3) is 30.7. The van der Waals surface area contributed by atoms with Crippen LogP contribution in [0.3, 0.4) is 0 Å². The molecule has 2 saturated heterocycles. The molecule has 0 aromatic heterocycles. The van der Waals surface area contributed by atoms with Crippen LogP contribution in [0, 0.1) is 11.8 Å². The second kappa shape index (κ2) is 32.6. The summed E-state index contributed by atoms with van der Waals surface area (Å²) in [4.78, 5) is 28.3.